The third kappa shape index (κ3) is 5.49. The van der Waals surface area contributed by atoms with Crippen LogP contribution >= 0.6 is 0 Å². The highest BCUT2D eigenvalue weighted by Crippen LogP contribution is 2.45. The van der Waals surface area contributed by atoms with E-state index >= 15 is 0 Å². The molecular weight excluding hydrogens is 534 g/mol. The summed E-state index contributed by atoms with van der Waals surface area (Å²) in [7, 11) is 1.63. The molecule has 2 aromatic heterocycles. The summed E-state index contributed by atoms with van der Waals surface area (Å²) in [6.45, 7) is 4.93. The van der Waals surface area contributed by atoms with E-state index in [1.807, 2.05) is 6.92 Å². The van der Waals surface area contributed by atoms with Gasteiger partial charge in [0.2, 0.25) is 0 Å². The summed E-state index contributed by atoms with van der Waals surface area (Å²) in [5, 5.41) is 18.2. The van der Waals surface area contributed by atoms with Gasteiger partial charge in [0, 0.05) is 25.2 Å². The number of amides is 1. The molecule has 0 aliphatic carbocycles. The van der Waals surface area contributed by atoms with E-state index in [0.717, 1.165) is 0 Å². The fraction of sp³-hybridized carbons (Fsp3) is 0.522. The second-order valence-electron chi connectivity index (χ2n) is 9.08. The largest absolute Gasteiger partial charge is 0.449 e. The molecule has 2 atom stereocenters. The topological polar surface area (TPSA) is 105 Å². The Morgan fingerprint density at radius 1 is 1.13 bits per heavy atom. The van der Waals surface area contributed by atoms with Gasteiger partial charge < -0.3 is 9.64 Å². The summed E-state index contributed by atoms with van der Waals surface area (Å²) in [6, 6.07) is 0.314. The standard InChI is InChI=1S/C23H26F6N8O2/c1-5-16-10-17(18-12(3)32-35(4)19(18)37(16)21(38)39-6-2)36(20-30-33-34-31-20)11-13-7-14(22(24,25)26)9-15(8-13)23(27,28)29/h7-9,16-17H,5-6,10-11H2,1-4H3,(H,30,31,33,34). The van der Waals surface area contributed by atoms with E-state index < -0.39 is 48.2 Å². The number of alkyl halides is 6. The number of ether oxygens (including phenoxy) is 1. The van der Waals surface area contributed by atoms with Crippen LogP contribution in [-0.2, 0) is 30.7 Å². The fourth-order valence-corrected chi connectivity index (χ4v) is 4.96. The molecule has 0 spiro atoms. The fourth-order valence-electron chi connectivity index (χ4n) is 4.96. The Labute approximate surface area is 218 Å². The van der Waals surface area contributed by atoms with Crippen molar-refractivity contribution in [2.45, 2.75) is 64.6 Å². The molecule has 16 heteroatoms. The quantitative estimate of drug-likeness (QED) is 0.415. The van der Waals surface area contributed by atoms with Gasteiger partial charge in [0.1, 0.15) is 5.82 Å². The SMILES string of the molecule is CCOC(=O)N1c2c(c(C)nn2C)C(N(Cc2cc(C(F)(F)F)cc(C(F)(F)F)c2)c2nn[nH]n2)CC1CC. The number of carbonyl (C=O) groups excluding carboxylic acids is 1. The van der Waals surface area contributed by atoms with Gasteiger partial charge >= 0.3 is 18.4 Å². The number of halogens is 6. The maximum absolute atomic E-state index is 13.6. The highest BCUT2D eigenvalue weighted by atomic mass is 19.4. The van der Waals surface area contributed by atoms with Crippen molar-refractivity contribution >= 4 is 17.9 Å². The second kappa shape index (κ2) is 10.4. The van der Waals surface area contributed by atoms with Crippen LogP contribution in [0.25, 0.3) is 0 Å². The predicted octanol–water partition coefficient (Wildman–Crippen LogP) is 5.17. The zero-order valence-corrected chi connectivity index (χ0v) is 21.4. The van der Waals surface area contributed by atoms with Crippen molar-refractivity contribution in [2.24, 2.45) is 7.05 Å². The number of carbonyl (C=O) groups is 1. The first-order chi connectivity index (χ1) is 18.3. The first kappa shape index (κ1) is 28.2. The van der Waals surface area contributed by atoms with Crippen LogP contribution in [0.4, 0.5) is 42.9 Å². The average molecular weight is 561 g/mol. The van der Waals surface area contributed by atoms with Gasteiger partial charge in [-0.2, -0.15) is 36.7 Å². The molecule has 1 aromatic carbocycles. The van der Waals surface area contributed by atoms with Gasteiger partial charge in [-0.25, -0.2) is 4.79 Å². The van der Waals surface area contributed by atoms with Gasteiger partial charge in [-0.05, 0) is 55.7 Å². The van der Waals surface area contributed by atoms with Crippen molar-refractivity contribution in [3.63, 3.8) is 0 Å². The molecule has 39 heavy (non-hydrogen) atoms. The van der Waals surface area contributed by atoms with Gasteiger partial charge in [-0.3, -0.25) is 9.58 Å². The molecule has 1 aliphatic rings. The molecule has 1 aliphatic heterocycles. The molecule has 0 radical (unpaired) electrons. The van der Waals surface area contributed by atoms with Crippen LogP contribution in [0.2, 0.25) is 0 Å². The van der Waals surface area contributed by atoms with E-state index in [4.69, 9.17) is 4.74 Å². The van der Waals surface area contributed by atoms with E-state index in [1.165, 1.54) is 14.5 Å². The molecule has 212 valence electrons. The minimum absolute atomic E-state index is 0.0420. The number of H-pyrrole nitrogens is 1. The Kier molecular flexibility index (Phi) is 7.49. The Morgan fingerprint density at radius 3 is 2.28 bits per heavy atom. The van der Waals surface area contributed by atoms with E-state index in [1.54, 1.807) is 20.9 Å². The summed E-state index contributed by atoms with van der Waals surface area (Å²) in [5.41, 5.74) is -2.06. The zero-order valence-electron chi connectivity index (χ0n) is 21.4. The van der Waals surface area contributed by atoms with Gasteiger partial charge in [-0.1, -0.05) is 12.0 Å². The van der Waals surface area contributed by atoms with Crippen molar-refractivity contribution in [2.75, 3.05) is 16.4 Å². The molecule has 2 unspecified atom stereocenters. The van der Waals surface area contributed by atoms with Crippen molar-refractivity contribution in [1.82, 2.24) is 30.4 Å². The van der Waals surface area contributed by atoms with Crippen molar-refractivity contribution < 1.29 is 35.9 Å². The van der Waals surface area contributed by atoms with Crippen molar-refractivity contribution in [1.29, 1.82) is 0 Å². The van der Waals surface area contributed by atoms with Gasteiger partial charge in [-0.15, -0.1) is 5.10 Å². The maximum Gasteiger partial charge on any atom is 0.416 e. The molecule has 1 N–H and O–H groups in total. The summed E-state index contributed by atoms with van der Waals surface area (Å²) in [6.07, 6.45) is -9.88. The molecule has 0 bridgehead atoms. The Hall–Kier alpha value is -3.85. The van der Waals surface area contributed by atoms with Crippen LogP contribution in [0.3, 0.4) is 0 Å². The number of benzene rings is 1. The lowest BCUT2D eigenvalue weighted by molar-refractivity contribution is -0.143. The maximum atomic E-state index is 13.6. The number of aromatic amines is 1. The number of nitrogens with zero attached hydrogens (tertiary/aromatic N) is 7. The van der Waals surface area contributed by atoms with Crippen LogP contribution in [0.5, 0.6) is 0 Å². The van der Waals surface area contributed by atoms with Crippen molar-refractivity contribution in [3.8, 4) is 0 Å². The van der Waals surface area contributed by atoms with Crippen LogP contribution in [-0.4, -0.2) is 49.1 Å². The van der Waals surface area contributed by atoms with Crippen molar-refractivity contribution in [3.05, 3.63) is 46.1 Å². The van der Waals surface area contributed by atoms with Gasteiger partial charge in [0.25, 0.3) is 5.95 Å². The van der Waals surface area contributed by atoms with Crippen LogP contribution in [0.1, 0.15) is 60.7 Å². The second-order valence-corrected chi connectivity index (χ2v) is 9.08. The molecular formula is C23H26F6N8O2. The number of hydrogen-bond acceptors (Lipinski definition) is 7. The first-order valence-electron chi connectivity index (χ1n) is 12.0. The zero-order chi connectivity index (χ0) is 28.7. The predicted molar refractivity (Wildman–Crippen MR) is 126 cm³/mol. The summed E-state index contributed by atoms with van der Waals surface area (Å²) in [4.78, 5) is 15.9. The Balaban J connectivity index is 1.86. The average Bonchev–Trinajstić information content (AvgIpc) is 3.49. The smallest absolute Gasteiger partial charge is 0.416 e. The van der Waals surface area contributed by atoms with Gasteiger partial charge in [0.15, 0.2) is 0 Å². The van der Waals surface area contributed by atoms with Crippen LogP contribution < -0.4 is 9.80 Å². The number of anilines is 2. The number of nitrogens with one attached hydrogen (secondary N) is 1. The molecule has 10 nitrogen and oxygen atoms in total. The lowest BCUT2D eigenvalue weighted by atomic mass is 9.90. The minimum atomic E-state index is -5.00. The lowest BCUT2D eigenvalue weighted by Gasteiger charge is -2.42. The van der Waals surface area contributed by atoms with Crippen LogP contribution in [0.15, 0.2) is 18.2 Å². The molecule has 1 amide bonds. The summed E-state index contributed by atoms with van der Waals surface area (Å²) >= 11 is 0. The van der Waals surface area contributed by atoms with E-state index in [0.29, 0.717) is 35.6 Å². The highest BCUT2D eigenvalue weighted by Gasteiger charge is 2.44. The minimum Gasteiger partial charge on any atom is -0.449 e. The summed E-state index contributed by atoms with van der Waals surface area (Å²) < 4.78 is 88.1. The van der Waals surface area contributed by atoms with Gasteiger partial charge in [0.05, 0.1) is 29.5 Å². The number of aromatic nitrogens is 6. The van der Waals surface area contributed by atoms with Crippen LogP contribution in [0, 0.1) is 6.92 Å². The number of fused-ring (bicyclic) bond motifs is 1. The Bertz CT molecular complexity index is 1290. The number of hydrogen-bond donors (Lipinski definition) is 1. The summed E-state index contributed by atoms with van der Waals surface area (Å²) in [5.74, 6) is 0.363. The van der Waals surface area contributed by atoms with E-state index in [9.17, 15) is 31.1 Å². The molecule has 0 fully saturated rings. The first-order valence-corrected chi connectivity index (χ1v) is 12.0. The lowest BCUT2D eigenvalue weighted by Crippen LogP contribution is -2.48. The van der Waals surface area contributed by atoms with E-state index in [2.05, 4.69) is 25.7 Å². The third-order valence-corrected chi connectivity index (χ3v) is 6.56. The number of rotatable bonds is 6. The molecule has 4 rings (SSSR count). The normalized spacial score (nSPS) is 17.7. The number of tetrazole rings is 1. The molecule has 0 saturated heterocycles. The monoisotopic (exact) mass is 560 g/mol. The molecule has 3 aromatic rings. The molecule has 3 heterocycles. The number of aryl methyl sites for hydroxylation is 2. The van der Waals surface area contributed by atoms with E-state index in [-0.39, 0.29) is 30.6 Å². The highest BCUT2D eigenvalue weighted by molar-refractivity contribution is 5.89. The molecule has 0 saturated carbocycles. The Morgan fingerprint density at radius 2 is 1.77 bits per heavy atom. The third-order valence-electron chi connectivity index (χ3n) is 6.56.